The molecule has 1 unspecified atom stereocenters. The number of hydrogen-bond acceptors (Lipinski definition) is 4. The lowest BCUT2D eigenvalue weighted by Gasteiger charge is -2.34. The van der Waals surface area contributed by atoms with Crippen LogP contribution in [0.5, 0.6) is 0 Å². The van der Waals surface area contributed by atoms with Crippen LogP contribution >= 0.6 is 0 Å². The zero-order valence-corrected chi connectivity index (χ0v) is 31.4. The summed E-state index contributed by atoms with van der Waals surface area (Å²) in [6.07, 6.45) is -0.370. The van der Waals surface area contributed by atoms with E-state index < -0.39 is 5.41 Å². The smallest absolute Gasteiger partial charge is 0.159 e. The number of hydrogen-bond donors (Lipinski definition) is 1. The summed E-state index contributed by atoms with van der Waals surface area (Å²) in [6, 6.07) is 73.0. The van der Waals surface area contributed by atoms with Crippen molar-refractivity contribution in [1.29, 1.82) is 5.26 Å². The Labute approximate surface area is 336 Å². The van der Waals surface area contributed by atoms with Crippen molar-refractivity contribution in [2.45, 2.75) is 11.6 Å². The molecule has 9 aromatic rings. The van der Waals surface area contributed by atoms with Crippen molar-refractivity contribution >= 4 is 33.5 Å². The van der Waals surface area contributed by atoms with Crippen LogP contribution < -0.4 is 5.32 Å². The molecule has 11 rings (SSSR count). The van der Waals surface area contributed by atoms with Gasteiger partial charge in [-0.1, -0.05) is 170 Å². The van der Waals surface area contributed by atoms with Crippen molar-refractivity contribution in [2.24, 2.45) is 9.98 Å². The molecule has 2 heterocycles. The zero-order chi connectivity index (χ0) is 38.6. The summed E-state index contributed by atoms with van der Waals surface area (Å²) < 4.78 is 2.46. The number of aliphatic imine (C=N–C) groups is 2. The minimum Gasteiger partial charge on any atom is -0.344 e. The van der Waals surface area contributed by atoms with Crippen LogP contribution in [-0.2, 0) is 5.41 Å². The number of amidine groups is 2. The summed E-state index contributed by atoms with van der Waals surface area (Å²) in [5, 5.41) is 15.7. The molecule has 1 aromatic heterocycles. The Bertz CT molecular complexity index is 3110. The highest BCUT2D eigenvalue weighted by Crippen LogP contribution is 2.59. The quantitative estimate of drug-likeness (QED) is 0.184. The number of rotatable bonds is 6. The molecule has 8 aromatic carbocycles. The van der Waals surface area contributed by atoms with E-state index in [1.165, 1.54) is 49.7 Å². The Morgan fingerprint density at radius 3 is 2.02 bits per heavy atom. The largest absolute Gasteiger partial charge is 0.344 e. The molecule has 0 bridgehead atoms. The highest BCUT2D eigenvalue weighted by Gasteiger charge is 2.48. The maximum absolute atomic E-state index is 9.73. The van der Waals surface area contributed by atoms with Crippen LogP contribution in [0.25, 0.3) is 38.6 Å². The van der Waals surface area contributed by atoms with Gasteiger partial charge in [-0.05, 0) is 63.7 Å². The molecular formula is C53H35N5. The van der Waals surface area contributed by atoms with Crippen molar-refractivity contribution in [3.8, 4) is 22.9 Å². The molecule has 2 aliphatic rings. The number of fused-ring (bicyclic) bond motifs is 7. The second-order valence-corrected chi connectivity index (χ2v) is 14.9. The monoisotopic (exact) mass is 741 g/mol. The van der Waals surface area contributed by atoms with E-state index in [0.717, 1.165) is 27.9 Å². The Morgan fingerprint density at radius 2 is 1.24 bits per heavy atom. The standard InChI is InChI=1S/C53H35N5/c54-34-35-16-14-19-37(32-35)51-55-50(36-17-4-1-5-18-36)56-52(57-51)38-20-15-25-41(33-38)58-47-29-13-11-27-43(47)45-31-30-44-42-26-10-12-28-46(42)53(48(44)49(45)58,39-21-6-2-7-22-39)40-23-8-3-9-24-40/h1-33,50H,(H,55,56,57). The van der Waals surface area contributed by atoms with Gasteiger partial charge in [0.15, 0.2) is 5.84 Å². The highest BCUT2D eigenvalue weighted by atomic mass is 15.2. The van der Waals surface area contributed by atoms with Gasteiger partial charge in [0.05, 0.1) is 28.1 Å². The first-order valence-corrected chi connectivity index (χ1v) is 19.6. The fourth-order valence-electron chi connectivity index (χ4n) is 9.30. The molecule has 0 spiro atoms. The van der Waals surface area contributed by atoms with Gasteiger partial charge in [0.25, 0.3) is 0 Å². The molecular weight excluding hydrogens is 707 g/mol. The third kappa shape index (κ3) is 5.09. The first kappa shape index (κ1) is 33.5. The van der Waals surface area contributed by atoms with Crippen molar-refractivity contribution in [3.05, 3.63) is 245 Å². The van der Waals surface area contributed by atoms with Gasteiger partial charge in [-0.2, -0.15) is 5.26 Å². The summed E-state index contributed by atoms with van der Waals surface area (Å²) in [4.78, 5) is 10.4. The average Bonchev–Trinajstić information content (AvgIpc) is 3.81. The van der Waals surface area contributed by atoms with Gasteiger partial charge in [0.1, 0.15) is 12.0 Å². The molecule has 58 heavy (non-hydrogen) atoms. The van der Waals surface area contributed by atoms with Gasteiger partial charge in [-0.15, -0.1) is 0 Å². The van der Waals surface area contributed by atoms with Gasteiger partial charge in [-0.25, -0.2) is 9.98 Å². The molecule has 0 fully saturated rings. The second kappa shape index (κ2) is 13.4. The van der Waals surface area contributed by atoms with Crippen LogP contribution in [0.2, 0.25) is 0 Å². The number of aromatic nitrogens is 1. The van der Waals surface area contributed by atoms with Crippen molar-refractivity contribution in [2.75, 3.05) is 0 Å². The van der Waals surface area contributed by atoms with E-state index in [-0.39, 0.29) is 6.17 Å². The predicted octanol–water partition coefficient (Wildman–Crippen LogP) is 11.5. The van der Waals surface area contributed by atoms with E-state index in [1.807, 2.05) is 42.5 Å². The number of benzene rings is 8. The molecule has 272 valence electrons. The minimum absolute atomic E-state index is 0.370. The molecule has 1 aliphatic carbocycles. The topological polar surface area (TPSA) is 65.5 Å². The van der Waals surface area contributed by atoms with Crippen LogP contribution in [0.4, 0.5) is 0 Å². The summed E-state index contributed by atoms with van der Waals surface area (Å²) in [7, 11) is 0. The van der Waals surface area contributed by atoms with Gasteiger partial charge in [-0.3, -0.25) is 0 Å². The molecule has 5 heteroatoms. The van der Waals surface area contributed by atoms with Gasteiger partial charge in [0.2, 0.25) is 0 Å². The summed E-state index contributed by atoms with van der Waals surface area (Å²) in [5.74, 6) is 1.29. The number of nitrogens with one attached hydrogen (secondary N) is 1. The lowest BCUT2D eigenvalue weighted by atomic mass is 9.67. The molecule has 0 saturated heterocycles. The highest BCUT2D eigenvalue weighted by molar-refractivity contribution is 6.15. The number of nitrogens with zero attached hydrogens (tertiary/aromatic N) is 4. The first-order chi connectivity index (χ1) is 28.7. The summed E-state index contributed by atoms with van der Waals surface area (Å²) >= 11 is 0. The zero-order valence-electron chi connectivity index (χ0n) is 31.4. The lowest BCUT2D eigenvalue weighted by Crippen LogP contribution is -2.33. The Hall–Kier alpha value is -7.81. The van der Waals surface area contributed by atoms with Crippen LogP contribution in [-0.4, -0.2) is 16.2 Å². The van der Waals surface area contributed by atoms with E-state index in [4.69, 9.17) is 9.98 Å². The lowest BCUT2D eigenvalue weighted by molar-refractivity contribution is 0.674. The fraction of sp³-hybridized carbons (Fsp3) is 0.0377. The molecule has 0 amide bonds. The maximum Gasteiger partial charge on any atom is 0.159 e. The van der Waals surface area contributed by atoms with Crippen LogP contribution in [0.1, 0.15) is 50.7 Å². The molecule has 0 saturated carbocycles. The fourth-order valence-corrected chi connectivity index (χ4v) is 9.30. The third-order valence-electron chi connectivity index (χ3n) is 11.7. The summed E-state index contributed by atoms with van der Waals surface area (Å²) in [5.41, 5.74) is 13.5. The van der Waals surface area contributed by atoms with Crippen molar-refractivity contribution < 1.29 is 0 Å². The number of nitriles is 1. The average molecular weight is 742 g/mol. The van der Waals surface area contributed by atoms with Crippen LogP contribution in [0.15, 0.2) is 210 Å². The maximum atomic E-state index is 9.73. The van der Waals surface area contributed by atoms with Crippen molar-refractivity contribution in [3.63, 3.8) is 0 Å². The Morgan fingerprint density at radius 1 is 0.569 bits per heavy atom. The predicted molar refractivity (Wildman–Crippen MR) is 235 cm³/mol. The third-order valence-corrected chi connectivity index (χ3v) is 11.7. The Balaban J connectivity index is 1.19. The number of para-hydroxylation sites is 1. The van der Waals surface area contributed by atoms with E-state index in [2.05, 4.69) is 174 Å². The summed E-state index contributed by atoms with van der Waals surface area (Å²) in [6.45, 7) is 0. The van der Waals surface area contributed by atoms with Gasteiger partial charge < -0.3 is 9.88 Å². The second-order valence-electron chi connectivity index (χ2n) is 14.9. The Kier molecular flexibility index (Phi) is 7.77. The van der Waals surface area contributed by atoms with Crippen LogP contribution in [0.3, 0.4) is 0 Å². The van der Waals surface area contributed by atoms with E-state index in [1.54, 1.807) is 0 Å². The molecule has 1 atom stereocenters. The van der Waals surface area contributed by atoms with E-state index in [9.17, 15) is 5.26 Å². The molecule has 5 nitrogen and oxygen atoms in total. The normalized spacial score (nSPS) is 15.2. The van der Waals surface area contributed by atoms with Crippen LogP contribution in [0, 0.1) is 11.3 Å². The van der Waals surface area contributed by atoms with Crippen molar-refractivity contribution in [1.82, 2.24) is 9.88 Å². The molecule has 1 aliphatic heterocycles. The van der Waals surface area contributed by atoms with E-state index in [0.29, 0.717) is 17.2 Å². The van der Waals surface area contributed by atoms with E-state index >= 15 is 0 Å². The first-order valence-electron chi connectivity index (χ1n) is 19.6. The minimum atomic E-state index is -0.586. The van der Waals surface area contributed by atoms with Gasteiger partial charge >= 0.3 is 0 Å². The molecule has 1 N–H and O–H groups in total. The molecule has 0 radical (unpaired) electrons. The van der Waals surface area contributed by atoms with Gasteiger partial charge in [0, 0.05) is 33.2 Å². The SMILES string of the molecule is N#Cc1cccc(C2=NC(c3cccc(-n4c5ccccc5c5ccc6c(c54)C(c4ccccc4)(c4ccccc4)c4ccccc4-6)c3)=NC(c3ccccc3)N2)c1.